The third-order valence-corrected chi connectivity index (χ3v) is 6.30. The van der Waals surface area contributed by atoms with Crippen LogP contribution in [0.25, 0.3) is 0 Å². The lowest BCUT2D eigenvalue weighted by Crippen LogP contribution is -2.33. The number of aryl methyl sites for hydroxylation is 2. The number of nitrogens with zero attached hydrogens (tertiary/aromatic N) is 4. The Bertz CT molecular complexity index is 936. The number of fused-ring (bicyclic) bond motifs is 1. The van der Waals surface area contributed by atoms with Crippen LogP contribution in [0, 0.1) is 6.92 Å². The molecule has 2 aliphatic rings. The van der Waals surface area contributed by atoms with Crippen LogP contribution in [-0.2, 0) is 21.4 Å². The lowest BCUT2D eigenvalue weighted by Gasteiger charge is -2.23. The predicted molar refractivity (Wildman–Crippen MR) is 95.1 cm³/mol. The Kier molecular flexibility index (Phi) is 4.28. The fourth-order valence-corrected chi connectivity index (χ4v) is 4.79. The van der Waals surface area contributed by atoms with Gasteiger partial charge in [0.1, 0.15) is 11.6 Å². The van der Waals surface area contributed by atoms with Crippen molar-refractivity contribution in [1.82, 2.24) is 19.5 Å². The maximum absolute atomic E-state index is 12.8. The molecule has 1 aromatic carbocycles. The number of carbonyl (C=O) groups is 1. The number of hydrogen-bond acceptors (Lipinski definition) is 5. The van der Waals surface area contributed by atoms with E-state index in [0.29, 0.717) is 31.0 Å². The number of nitrogens with one attached hydrogen (secondary N) is 1. The minimum Gasteiger partial charge on any atom is -0.312 e. The normalized spacial score (nSPS) is 20.4. The molecule has 1 fully saturated rings. The summed E-state index contributed by atoms with van der Waals surface area (Å²) in [6, 6.07) is 6.08. The first kappa shape index (κ1) is 17.2. The second-order valence-electron chi connectivity index (χ2n) is 6.70. The summed E-state index contributed by atoms with van der Waals surface area (Å²) in [6.07, 6.45) is 2.92. The molecule has 2 aromatic rings. The monoisotopic (exact) mass is 375 g/mol. The van der Waals surface area contributed by atoms with Gasteiger partial charge in [-0.3, -0.25) is 4.79 Å². The van der Waals surface area contributed by atoms with E-state index >= 15 is 0 Å². The van der Waals surface area contributed by atoms with Gasteiger partial charge < -0.3 is 4.90 Å². The van der Waals surface area contributed by atoms with Crippen LogP contribution in [0.2, 0.25) is 0 Å². The lowest BCUT2D eigenvalue weighted by atomic mass is 10.1. The van der Waals surface area contributed by atoms with Crippen molar-refractivity contribution in [3.8, 4) is 0 Å². The summed E-state index contributed by atoms with van der Waals surface area (Å²) in [7, 11) is -3.68. The Balaban J connectivity index is 1.55. The quantitative estimate of drug-likeness (QED) is 0.874. The Morgan fingerprint density at radius 3 is 2.62 bits per heavy atom. The molecule has 9 heteroatoms. The summed E-state index contributed by atoms with van der Waals surface area (Å²) in [5.74, 6) is 1.39. The first-order valence-electron chi connectivity index (χ1n) is 8.78. The Morgan fingerprint density at radius 2 is 1.92 bits per heavy atom. The van der Waals surface area contributed by atoms with Crippen LogP contribution in [0.15, 0.2) is 29.2 Å². The van der Waals surface area contributed by atoms with Crippen molar-refractivity contribution >= 4 is 21.6 Å². The zero-order chi connectivity index (χ0) is 18.3. The summed E-state index contributed by atoms with van der Waals surface area (Å²) in [4.78, 5) is 18.1. The minimum absolute atomic E-state index is 0.0793. The molecule has 138 valence electrons. The third kappa shape index (κ3) is 3.12. The van der Waals surface area contributed by atoms with Crippen LogP contribution >= 0.6 is 0 Å². The minimum atomic E-state index is -3.68. The fourth-order valence-electron chi connectivity index (χ4n) is 3.56. The molecule has 26 heavy (non-hydrogen) atoms. The van der Waals surface area contributed by atoms with Gasteiger partial charge in [0, 0.05) is 25.2 Å². The number of sulfonamides is 1. The van der Waals surface area contributed by atoms with Crippen LogP contribution in [0.3, 0.4) is 0 Å². The molecule has 1 saturated heterocycles. The average molecular weight is 375 g/mol. The third-order valence-electron chi connectivity index (χ3n) is 4.81. The summed E-state index contributed by atoms with van der Waals surface area (Å²) in [6.45, 7) is 3.24. The van der Waals surface area contributed by atoms with E-state index in [1.807, 2.05) is 0 Å². The molecule has 0 unspecified atom stereocenters. The van der Waals surface area contributed by atoms with Crippen molar-refractivity contribution in [3.05, 3.63) is 35.9 Å². The molecule has 8 nitrogen and oxygen atoms in total. The number of aromatic nitrogens is 3. The summed E-state index contributed by atoms with van der Waals surface area (Å²) < 4.78 is 30.0. The van der Waals surface area contributed by atoms with Crippen molar-refractivity contribution in [2.75, 3.05) is 11.4 Å². The van der Waals surface area contributed by atoms with E-state index in [9.17, 15) is 13.2 Å². The highest BCUT2D eigenvalue weighted by Gasteiger charge is 2.29. The van der Waals surface area contributed by atoms with Crippen molar-refractivity contribution in [2.24, 2.45) is 0 Å². The Morgan fingerprint density at radius 1 is 1.15 bits per heavy atom. The fraction of sp³-hybridized carbons (Fsp3) is 0.471. The molecule has 2 aliphatic heterocycles. The standard InChI is InChI=1S/C17H21N5O3S/c1-12-18-17-15(4-2-11-22(17)19-12)20-26(24,25)14-8-6-13(7-9-14)21-10-3-5-16(21)23/h6-9,15,20H,2-5,10-11H2,1H3/t15-/m1/s1. The van der Waals surface area contributed by atoms with E-state index in [1.54, 1.807) is 40.8 Å². The second-order valence-corrected chi connectivity index (χ2v) is 8.41. The first-order valence-corrected chi connectivity index (χ1v) is 10.3. The summed E-state index contributed by atoms with van der Waals surface area (Å²) in [5.41, 5.74) is 0.736. The SMILES string of the molecule is Cc1nc2n(n1)CCC[C@H]2NS(=O)(=O)c1ccc(N2CCCC2=O)cc1. The zero-order valence-electron chi connectivity index (χ0n) is 14.6. The molecule has 3 heterocycles. The first-order chi connectivity index (χ1) is 12.4. The number of carbonyl (C=O) groups excluding carboxylic acids is 1. The number of anilines is 1. The summed E-state index contributed by atoms with van der Waals surface area (Å²) >= 11 is 0. The highest BCUT2D eigenvalue weighted by atomic mass is 32.2. The van der Waals surface area contributed by atoms with E-state index in [1.165, 1.54) is 0 Å². The zero-order valence-corrected chi connectivity index (χ0v) is 15.4. The molecule has 0 radical (unpaired) electrons. The second kappa shape index (κ2) is 6.48. The number of amides is 1. The molecular weight excluding hydrogens is 354 g/mol. The molecule has 0 aliphatic carbocycles. The molecule has 0 bridgehead atoms. The molecule has 1 amide bonds. The Hall–Kier alpha value is -2.26. The van der Waals surface area contributed by atoms with Gasteiger partial charge in [-0.25, -0.2) is 22.8 Å². The molecule has 4 rings (SSSR count). The molecular formula is C17H21N5O3S. The van der Waals surface area contributed by atoms with Gasteiger partial charge in [-0.15, -0.1) is 0 Å². The van der Waals surface area contributed by atoms with Crippen LogP contribution in [0.1, 0.15) is 43.4 Å². The number of rotatable bonds is 4. The van der Waals surface area contributed by atoms with Gasteiger partial charge in [0.05, 0.1) is 10.9 Å². The van der Waals surface area contributed by atoms with E-state index in [-0.39, 0.29) is 16.8 Å². The van der Waals surface area contributed by atoms with Crippen LogP contribution in [-0.4, -0.2) is 35.6 Å². The predicted octanol–water partition coefficient (Wildman–Crippen LogP) is 1.53. The average Bonchev–Trinajstić information content (AvgIpc) is 3.20. The van der Waals surface area contributed by atoms with Gasteiger partial charge in [-0.2, -0.15) is 5.10 Å². The number of benzene rings is 1. The van der Waals surface area contributed by atoms with Crippen LogP contribution < -0.4 is 9.62 Å². The molecule has 1 atom stereocenters. The van der Waals surface area contributed by atoms with E-state index in [0.717, 1.165) is 25.1 Å². The van der Waals surface area contributed by atoms with Gasteiger partial charge >= 0.3 is 0 Å². The highest BCUT2D eigenvalue weighted by Crippen LogP contribution is 2.27. The van der Waals surface area contributed by atoms with Gasteiger partial charge in [-0.1, -0.05) is 0 Å². The smallest absolute Gasteiger partial charge is 0.241 e. The van der Waals surface area contributed by atoms with Crippen LogP contribution in [0.4, 0.5) is 5.69 Å². The van der Waals surface area contributed by atoms with E-state index in [2.05, 4.69) is 14.8 Å². The van der Waals surface area contributed by atoms with Crippen LogP contribution in [0.5, 0.6) is 0 Å². The maximum Gasteiger partial charge on any atom is 0.241 e. The van der Waals surface area contributed by atoms with E-state index in [4.69, 9.17) is 0 Å². The molecule has 1 N–H and O–H groups in total. The highest BCUT2D eigenvalue weighted by molar-refractivity contribution is 7.89. The van der Waals surface area contributed by atoms with Gasteiger partial charge in [-0.05, 0) is 50.5 Å². The molecule has 0 saturated carbocycles. The molecule has 0 spiro atoms. The van der Waals surface area contributed by atoms with Gasteiger partial charge in [0.2, 0.25) is 15.9 Å². The van der Waals surface area contributed by atoms with E-state index < -0.39 is 10.0 Å². The lowest BCUT2D eigenvalue weighted by molar-refractivity contribution is -0.117. The topological polar surface area (TPSA) is 97.2 Å². The van der Waals surface area contributed by atoms with Crippen molar-refractivity contribution < 1.29 is 13.2 Å². The largest absolute Gasteiger partial charge is 0.312 e. The van der Waals surface area contributed by atoms with Crippen molar-refractivity contribution in [2.45, 2.75) is 50.1 Å². The number of hydrogen-bond donors (Lipinski definition) is 1. The maximum atomic E-state index is 12.8. The van der Waals surface area contributed by atoms with Crippen molar-refractivity contribution in [3.63, 3.8) is 0 Å². The van der Waals surface area contributed by atoms with Gasteiger partial charge in [0.25, 0.3) is 0 Å². The molecule has 1 aromatic heterocycles. The Labute approximate surface area is 152 Å². The van der Waals surface area contributed by atoms with Crippen molar-refractivity contribution in [1.29, 1.82) is 0 Å². The summed E-state index contributed by atoms with van der Waals surface area (Å²) in [5, 5.41) is 4.30. The van der Waals surface area contributed by atoms with Gasteiger partial charge in [0.15, 0.2) is 0 Å².